The zero-order valence-electron chi connectivity index (χ0n) is 14.4. The van der Waals surface area contributed by atoms with Gasteiger partial charge in [-0.1, -0.05) is 6.92 Å². The average Bonchev–Trinajstić information content (AvgIpc) is 2.61. The minimum Gasteiger partial charge on any atom is -0.494 e. The number of piperidine rings is 1. The summed E-state index contributed by atoms with van der Waals surface area (Å²) in [6.07, 6.45) is 2.08. The molecule has 0 saturated carbocycles. The highest BCUT2D eigenvalue weighted by Crippen LogP contribution is 2.18. The highest BCUT2D eigenvalue weighted by molar-refractivity contribution is 5.78. The fraction of sp³-hybridized carbons (Fsp3) is 0.556. The summed E-state index contributed by atoms with van der Waals surface area (Å²) in [6.45, 7) is 5.72. The zero-order chi connectivity index (χ0) is 17.4. The number of hydrogen-bond acceptors (Lipinski definition) is 4. The van der Waals surface area contributed by atoms with Gasteiger partial charge in [-0.25, -0.2) is 0 Å². The van der Waals surface area contributed by atoms with Crippen LogP contribution in [0, 0.1) is 0 Å². The maximum atomic E-state index is 12.2. The smallest absolute Gasteiger partial charge is 0.260 e. The summed E-state index contributed by atoms with van der Waals surface area (Å²) in [5, 5.41) is 2.98. The van der Waals surface area contributed by atoms with Crippen molar-refractivity contribution in [3.05, 3.63) is 24.3 Å². The van der Waals surface area contributed by atoms with E-state index in [1.807, 2.05) is 26.0 Å². The van der Waals surface area contributed by atoms with Crippen molar-refractivity contribution in [2.45, 2.75) is 39.2 Å². The van der Waals surface area contributed by atoms with E-state index >= 15 is 0 Å². The first-order chi connectivity index (χ1) is 11.6. The Bertz CT molecular complexity index is 536. The maximum Gasteiger partial charge on any atom is 0.260 e. The van der Waals surface area contributed by atoms with Crippen LogP contribution in [0.4, 0.5) is 0 Å². The van der Waals surface area contributed by atoms with Gasteiger partial charge in [-0.2, -0.15) is 0 Å². The van der Waals surface area contributed by atoms with E-state index in [4.69, 9.17) is 9.47 Å². The number of ether oxygens (including phenoxy) is 2. The van der Waals surface area contributed by atoms with Crippen LogP contribution in [0.3, 0.4) is 0 Å². The lowest BCUT2D eigenvalue weighted by atomic mass is 10.0. The van der Waals surface area contributed by atoms with Crippen LogP contribution >= 0.6 is 0 Å². The van der Waals surface area contributed by atoms with Gasteiger partial charge in [0.25, 0.3) is 5.91 Å². The molecule has 0 bridgehead atoms. The SMILES string of the molecule is CCOc1ccc(OCC(=O)N2CCC(NC(=O)CC)CC2)cc1. The molecule has 1 aromatic rings. The molecule has 0 unspecified atom stereocenters. The number of carbonyl (C=O) groups excluding carboxylic acids is 2. The third-order valence-corrected chi connectivity index (χ3v) is 4.03. The van der Waals surface area contributed by atoms with Crippen LogP contribution < -0.4 is 14.8 Å². The van der Waals surface area contributed by atoms with Crippen LogP contribution in [0.15, 0.2) is 24.3 Å². The lowest BCUT2D eigenvalue weighted by Gasteiger charge is -2.32. The lowest BCUT2D eigenvalue weighted by molar-refractivity contribution is -0.134. The molecule has 6 heteroatoms. The molecular formula is C18H26N2O4. The predicted octanol–water partition coefficient (Wildman–Crippen LogP) is 1.98. The second-order valence-electron chi connectivity index (χ2n) is 5.77. The van der Waals surface area contributed by atoms with Gasteiger partial charge in [0.1, 0.15) is 11.5 Å². The summed E-state index contributed by atoms with van der Waals surface area (Å²) >= 11 is 0. The Kier molecular flexibility index (Phi) is 6.90. The molecule has 1 N–H and O–H groups in total. The molecule has 1 aromatic carbocycles. The molecule has 132 valence electrons. The largest absolute Gasteiger partial charge is 0.494 e. The fourth-order valence-corrected chi connectivity index (χ4v) is 2.64. The highest BCUT2D eigenvalue weighted by atomic mass is 16.5. The summed E-state index contributed by atoms with van der Waals surface area (Å²) in [5.41, 5.74) is 0. The van der Waals surface area contributed by atoms with Gasteiger partial charge < -0.3 is 19.7 Å². The van der Waals surface area contributed by atoms with Crippen molar-refractivity contribution in [1.29, 1.82) is 0 Å². The standard InChI is InChI=1S/C18H26N2O4/c1-3-17(21)19-14-9-11-20(12-10-14)18(22)13-24-16-7-5-15(6-8-16)23-4-2/h5-8,14H,3-4,9-13H2,1-2H3,(H,19,21). The van der Waals surface area contributed by atoms with E-state index in [1.165, 1.54) is 0 Å². The van der Waals surface area contributed by atoms with Crippen molar-refractivity contribution in [3.63, 3.8) is 0 Å². The van der Waals surface area contributed by atoms with Gasteiger partial charge >= 0.3 is 0 Å². The van der Waals surface area contributed by atoms with Gasteiger partial charge in [0, 0.05) is 25.6 Å². The minimum atomic E-state index is -0.0239. The molecule has 0 radical (unpaired) electrons. The third-order valence-electron chi connectivity index (χ3n) is 4.03. The van der Waals surface area contributed by atoms with Gasteiger partial charge in [-0.3, -0.25) is 9.59 Å². The van der Waals surface area contributed by atoms with Gasteiger partial charge in [0.05, 0.1) is 6.61 Å². The highest BCUT2D eigenvalue weighted by Gasteiger charge is 2.23. The van der Waals surface area contributed by atoms with Crippen LogP contribution in [0.25, 0.3) is 0 Å². The van der Waals surface area contributed by atoms with E-state index in [2.05, 4.69) is 5.32 Å². The maximum absolute atomic E-state index is 12.2. The summed E-state index contributed by atoms with van der Waals surface area (Å²) in [7, 11) is 0. The molecule has 0 aliphatic carbocycles. The van der Waals surface area contributed by atoms with Crippen molar-refractivity contribution < 1.29 is 19.1 Å². The number of likely N-dealkylation sites (tertiary alicyclic amines) is 1. The number of hydrogen-bond donors (Lipinski definition) is 1. The van der Waals surface area contributed by atoms with E-state index in [1.54, 1.807) is 17.0 Å². The van der Waals surface area contributed by atoms with Gasteiger partial charge in [-0.15, -0.1) is 0 Å². The van der Waals surface area contributed by atoms with E-state index in [9.17, 15) is 9.59 Å². The molecule has 6 nitrogen and oxygen atoms in total. The second kappa shape index (κ2) is 9.15. The Morgan fingerprint density at radius 2 is 1.67 bits per heavy atom. The topological polar surface area (TPSA) is 67.9 Å². The van der Waals surface area contributed by atoms with E-state index in [0.29, 0.717) is 31.9 Å². The molecule has 0 atom stereocenters. The molecule has 1 fully saturated rings. The number of rotatable bonds is 7. The molecule has 1 saturated heterocycles. The van der Waals surface area contributed by atoms with Gasteiger partial charge in [0.15, 0.2) is 6.61 Å². The predicted molar refractivity (Wildman–Crippen MR) is 91.1 cm³/mol. The van der Waals surface area contributed by atoms with Gasteiger partial charge in [0.2, 0.25) is 5.91 Å². The zero-order valence-corrected chi connectivity index (χ0v) is 14.4. The first-order valence-electron chi connectivity index (χ1n) is 8.55. The molecule has 1 heterocycles. The number of benzene rings is 1. The summed E-state index contributed by atoms with van der Waals surface area (Å²) < 4.78 is 10.9. The van der Waals surface area contributed by atoms with E-state index in [-0.39, 0.29) is 24.5 Å². The van der Waals surface area contributed by atoms with Crippen molar-refractivity contribution in [2.75, 3.05) is 26.3 Å². The van der Waals surface area contributed by atoms with Gasteiger partial charge in [-0.05, 0) is 44.0 Å². The van der Waals surface area contributed by atoms with Crippen LogP contribution in [0.2, 0.25) is 0 Å². The Morgan fingerprint density at radius 1 is 1.08 bits per heavy atom. The Balaban J connectivity index is 1.72. The lowest BCUT2D eigenvalue weighted by Crippen LogP contribution is -2.47. The monoisotopic (exact) mass is 334 g/mol. The van der Waals surface area contributed by atoms with E-state index in [0.717, 1.165) is 18.6 Å². The quantitative estimate of drug-likeness (QED) is 0.828. The van der Waals surface area contributed by atoms with Crippen LogP contribution in [0.5, 0.6) is 11.5 Å². The summed E-state index contributed by atoms with van der Waals surface area (Å²) in [5.74, 6) is 1.48. The molecule has 0 spiro atoms. The van der Waals surface area contributed by atoms with Crippen LogP contribution in [0.1, 0.15) is 33.1 Å². The van der Waals surface area contributed by atoms with E-state index < -0.39 is 0 Å². The fourth-order valence-electron chi connectivity index (χ4n) is 2.64. The molecule has 2 amide bonds. The first-order valence-corrected chi connectivity index (χ1v) is 8.55. The molecule has 1 aliphatic rings. The van der Waals surface area contributed by atoms with Crippen LogP contribution in [-0.2, 0) is 9.59 Å². The van der Waals surface area contributed by atoms with Crippen molar-refractivity contribution in [2.24, 2.45) is 0 Å². The Hall–Kier alpha value is -2.24. The van der Waals surface area contributed by atoms with Crippen molar-refractivity contribution >= 4 is 11.8 Å². The van der Waals surface area contributed by atoms with Crippen molar-refractivity contribution in [1.82, 2.24) is 10.2 Å². The third kappa shape index (κ3) is 5.44. The average molecular weight is 334 g/mol. The number of nitrogens with zero attached hydrogens (tertiary/aromatic N) is 1. The van der Waals surface area contributed by atoms with Crippen molar-refractivity contribution in [3.8, 4) is 11.5 Å². The molecule has 24 heavy (non-hydrogen) atoms. The normalized spacial score (nSPS) is 15.0. The molecule has 0 aromatic heterocycles. The molecular weight excluding hydrogens is 308 g/mol. The Labute approximate surface area is 143 Å². The summed E-state index contributed by atoms with van der Waals surface area (Å²) in [6, 6.07) is 7.42. The van der Waals surface area contributed by atoms with Crippen LogP contribution in [-0.4, -0.2) is 49.1 Å². The minimum absolute atomic E-state index is 0.0239. The molecule has 2 rings (SSSR count). The summed E-state index contributed by atoms with van der Waals surface area (Å²) in [4.78, 5) is 25.4. The second-order valence-corrected chi connectivity index (χ2v) is 5.77. The Morgan fingerprint density at radius 3 is 2.21 bits per heavy atom. The number of amides is 2. The number of nitrogens with one attached hydrogen (secondary N) is 1. The number of carbonyl (C=O) groups is 2. The first kappa shape index (κ1) is 18.1. The molecule has 1 aliphatic heterocycles.